The normalized spacial score (nSPS) is 12.9. The van der Waals surface area contributed by atoms with Crippen LogP contribution in [-0.2, 0) is 0 Å². The van der Waals surface area contributed by atoms with E-state index in [-0.39, 0.29) is 11.9 Å². The maximum Gasteiger partial charge on any atom is 0.188 e. The van der Waals surface area contributed by atoms with E-state index in [2.05, 4.69) is 9.97 Å². The highest BCUT2D eigenvalue weighted by Gasteiger charge is 2.05. The van der Waals surface area contributed by atoms with Crippen LogP contribution in [0, 0.1) is 0 Å². The van der Waals surface area contributed by atoms with Crippen molar-refractivity contribution in [3.05, 3.63) is 30.5 Å². The number of aliphatic hydroxyl groups is 1. The van der Waals surface area contributed by atoms with Crippen molar-refractivity contribution in [2.75, 3.05) is 6.61 Å². The first-order valence-corrected chi connectivity index (χ1v) is 5.67. The molecule has 2 rings (SSSR count). The van der Waals surface area contributed by atoms with Crippen molar-refractivity contribution in [3.63, 3.8) is 0 Å². The highest BCUT2D eigenvalue weighted by atomic mass is 32.2. The minimum Gasteiger partial charge on any atom is -0.395 e. The summed E-state index contributed by atoms with van der Waals surface area (Å²) in [7, 11) is 0. The minimum absolute atomic E-state index is 0.131. The lowest BCUT2D eigenvalue weighted by Gasteiger charge is -2.05. The summed E-state index contributed by atoms with van der Waals surface area (Å²) in [4.78, 5) is 8.64. The quantitative estimate of drug-likeness (QED) is 0.635. The van der Waals surface area contributed by atoms with Crippen LogP contribution in [0.4, 0.5) is 0 Å². The van der Waals surface area contributed by atoms with E-state index in [0.717, 1.165) is 16.1 Å². The van der Waals surface area contributed by atoms with E-state index in [1.54, 1.807) is 0 Å². The molecule has 0 fully saturated rings. The van der Waals surface area contributed by atoms with Crippen molar-refractivity contribution in [1.29, 1.82) is 0 Å². The lowest BCUT2D eigenvalue weighted by atomic mass is 10.2. The zero-order valence-electron chi connectivity index (χ0n) is 8.42. The third kappa shape index (κ3) is 2.46. The average Bonchev–Trinajstić information content (AvgIpc) is 2.29. The fourth-order valence-corrected chi connectivity index (χ4v) is 1.93. The number of para-hydroxylation sites is 1. The minimum atomic E-state index is 0.131. The van der Waals surface area contributed by atoms with Crippen LogP contribution in [-0.4, -0.2) is 26.9 Å². The molecular formula is C11H12N2OS. The number of nitrogens with zero attached hydrogens (tertiary/aromatic N) is 2. The molecule has 1 unspecified atom stereocenters. The summed E-state index contributed by atoms with van der Waals surface area (Å²) >= 11 is 1.49. The molecule has 0 aliphatic heterocycles. The van der Waals surface area contributed by atoms with Gasteiger partial charge < -0.3 is 5.11 Å². The second kappa shape index (κ2) is 4.59. The predicted molar refractivity (Wildman–Crippen MR) is 61.9 cm³/mol. The van der Waals surface area contributed by atoms with Gasteiger partial charge in [-0.3, -0.25) is 0 Å². The molecule has 3 nitrogen and oxygen atoms in total. The highest BCUT2D eigenvalue weighted by molar-refractivity contribution is 7.99. The van der Waals surface area contributed by atoms with Crippen LogP contribution >= 0.6 is 11.8 Å². The molecular weight excluding hydrogens is 208 g/mol. The summed E-state index contributed by atoms with van der Waals surface area (Å²) in [6, 6.07) is 7.87. The van der Waals surface area contributed by atoms with Crippen molar-refractivity contribution in [3.8, 4) is 0 Å². The van der Waals surface area contributed by atoms with Crippen LogP contribution in [0.3, 0.4) is 0 Å². The van der Waals surface area contributed by atoms with Gasteiger partial charge in [0.15, 0.2) is 5.16 Å². The standard InChI is InChI=1S/C11H12N2OS/c1-8(7-14)15-11-12-6-9-4-2-3-5-10(9)13-11/h2-6,8,14H,7H2,1H3. The zero-order valence-corrected chi connectivity index (χ0v) is 9.24. The van der Waals surface area contributed by atoms with Gasteiger partial charge in [0.2, 0.25) is 0 Å². The Morgan fingerprint density at radius 1 is 1.40 bits per heavy atom. The number of aliphatic hydroxyl groups excluding tert-OH is 1. The molecule has 1 heterocycles. The van der Waals surface area contributed by atoms with Gasteiger partial charge in [0.25, 0.3) is 0 Å². The molecule has 0 amide bonds. The number of thioether (sulfide) groups is 1. The molecule has 1 aromatic carbocycles. The first-order valence-electron chi connectivity index (χ1n) is 4.79. The average molecular weight is 220 g/mol. The van der Waals surface area contributed by atoms with E-state index in [0.29, 0.717) is 0 Å². The number of hydrogen-bond acceptors (Lipinski definition) is 4. The van der Waals surface area contributed by atoms with Crippen molar-refractivity contribution in [1.82, 2.24) is 9.97 Å². The largest absolute Gasteiger partial charge is 0.395 e. The number of hydrogen-bond donors (Lipinski definition) is 1. The second-order valence-electron chi connectivity index (χ2n) is 3.32. The summed E-state index contributed by atoms with van der Waals surface area (Å²) in [6.07, 6.45) is 1.81. The van der Waals surface area contributed by atoms with Crippen LogP contribution in [0.25, 0.3) is 10.9 Å². The van der Waals surface area contributed by atoms with Gasteiger partial charge in [-0.15, -0.1) is 0 Å². The topological polar surface area (TPSA) is 46.0 Å². The van der Waals surface area contributed by atoms with E-state index in [4.69, 9.17) is 5.11 Å². The van der Waals surface area contributed by atoms with Crippen molar-refractivity contribution >= 4 is 22.7 Å². The van der Waals surface area contributed by atoms with E-state index in [1.807, 2.05) is 37.4 Å². The molecule has 4 heteroatoms. The van der Waals surface area contributed by atoms with E-state index < -0.39 is 0 Å². The molecule has 0 spiro atoms. The summed E-state index contributed by atoms with van der Waals surface area (Å²) in [5.41, 5.74) is 0.945. The Kier molecular flexibility index (Phi) is 3.18. The maximum atomic E-state index is 8.93. The van der Waals surface area contributed by atoms with Crippen molar-refractivity contribution in [2.45, 2.75) is 17.3 Å². The molecule has 2 aromatic rings. The first-order chi connectivity index (χ1) is 7.29. The van der Waals surface area contributed by atoms with E-state index in [9.17, 15) is 0 Å². The molecule has 78 valence electrons. The Balaban J connectivity index is 2.30. The van der Waals surface area contributed by atoms with E-state index in [1.165, 1.54) is 11.8 Å². The maximum absolute atomic E-state index is 8.93. The zero-order chi connectivity index (χ0) is 10.7. The number of rotatable bonds is 3. The van der Waals surface area contributed by atoms with Crippen LogP contribution in [0.2, 0.25) is 0 Å². The fourth-order valence-electron chi connectivity index (χ4n) is 1.23. The van der Waals surface area contributed by atoms with Gasteiger partial charge in [0, 0.05) is 16.8 Å². The second-order valence-corrected chi connectivity index (χ2v) is 4.73. The number of benzene rings is 1. The molecule has 0 saturated carbocycles. The smallest absolute Gasteiger partial charge is 0.188 e. The summed E-state index contributed by atoms with van der Waals surface area (Å²) in [5.74, 6) is 0. The third-order valence-corrected chi connectivity index (χ3v) is 2.99. The molecule has 0 aliphatic rings. The Morgan fingerprint density at radius 3 is 3.00 bits per heavy atom. The molecule has 0 radical (unpaired) electrons. The fraction of sp³-hybridized carbons (Fsp3) is 0.273. The Labute approximate surface area is 92.6 Å². The predicted octanol–water partition coefficient (Wildman–Crippen LogP) is 2.10. The summed E-state index contributed by atoms with van der Waals surface area (Å²) in [6.45, 7) is 2.09. The lowest BCUT2D eigenvalue weighted by molar-refractivity contribution is 0.300. The molecule has 0 aliphatic carbocycles. The third-order valence-electron chi connectivity index (χ3n) is 2.03. The van der Waals surface area contributed by atoms with Crippen molar-refractivity contribution in [2.24, 2.45) is 0 Å². The van der Waals surface area contributed by atoms with Crippen molar-refractivity contribution < 1.29 is 5.11 Å². The SMILES string of the molecule is CC(CO)Sc1ncc2ccccc2n1. The molecule has 1 aromatic heterocycles. The van der Waals surface area contributed by atoms with Crippen LogP contribution in [0.5, 0.6) is 0 Å². The van der Waals surface area contributed by atoms with Gasteiger partial charge in [-0.05, 0) is 6.07 Å². The highest BCUT2D eigenvalue weighted by Crippen LogP contribution is 2.20. The Bertz CT molecular complexity index is 461. The van der Waals surface area contributed by atoms with Gasteiger partial charge in [-0.25, -0.2) is 9.97 Å². The van der Waals surface area contributed by atoms with Gasteiger partial charge in [-0.2, -0.15) is 0 Å². The summed E-state index contributed by atoms with van der Waals surface area (Å²) < 4.78 is 0. The molecule has 0 saturated heterocycles. The molecule has 1 N–H and O–H groups in total. The number of aromatic nitrogens is 2. The van der Waals surface area contributed by atoms with Gasteiger partial charge >= 0.3 is 0 Å². The van der Waals surface area contributed by atoms with Crippen LogP contribution in [0.1, 0.15) is 6.92 Å². The van der Waals surface area contributed by atoms with Crippen LogP contribution < -0.4 is 0 Å². The Hall–Kier alpha value is -1.13. The Morgan fingerprint density at radius 2 is 2.20 bits per heavy atom. The van der Waals surface area contributed by atoms with Gasteiger partial charge in [-0.1, -0.05) is 36.9 Å². The van der Waals surface area contributed by atoms with Gasteiger partial charge in [0.05, 0.1) is 12.1 Å². The molecule has 15 heavy (non-hydrogen) atoms. The van der Waals surface area contributed by atoms with Crippen LogP contribution in [0.15, 0.2) is 35.6 Å². The molecule has 0 bridgehead atoms. The molecule has 1 atom stereocenters. The monoisotopic (exact) mass is 220 g/mol. The lowest BCUT2D eigenvalue weighted by Crippen LogP contribution is -2.03. The van der Waals surface area contributed by atoms with Gasteiger partial charge in [0.1, 0.15) is 0 Å². The summed E-state index contributed by atoms with van der Waals surface area (Å²) in [5, 5.41) is 10.8. The number of fused-ring (bicyclic) bond motifs is 1. The van der Waals surface area contributed by atoms with E-state index >= 15 is 0 Å². The first kappa shape index (κ1) is 10.4.